The maximum atomic E-state index is 11.8. The molecule has 1 aromatic carbocycles. The normalized spacial score (nSPS) is 10.9. The van der Waals surface area contributed by atoms with Crippen LogP contribution in [0.15, 0.2) is 30.9 Å². The summed E-state index contributed by atoms with van der Waals surface area (Å²) in [5.41, 5.74) is 1.19. The number of halogens is 1. The Kier molecular flexibility index (Phi) is 5.59. The van der Waals surface area contributed by atoms with Crippen LogP contribution < -0.4 is 9.62 Å². The minimum Gasteiger partial charge on any atom is -0.351 e. The molecule has 0 saturated carbocycles. The predicted molar refractivity (Wildman–Crippen MR) is 81.6 cm³/mol. The van der Waals surface area contributed by atoms with Crippen molar-refractivity contribution in [3.63, 3.8) is 0 Å². The van der Waals surface area contributed by atoms with Gasteiger partial charge in [-0.3, -0.25) is 9.10 Å². The number of sulfonamides is 1. The van der Waals surface area contributed by atoms with Crippen LogP contribution in [-0.4, -0.2) is 33.7 Å². The first kappa shape index (κ1) is 16.5. The molecule has 1 aromatic rings. The first-order valence-electron chi connectivity index (χ1n) is 5.87. The average molecular weight is 317 g/mol. The molecule has 1 amide bonds. The molecule has 0 fully saturated rings. The van der Waals surface area contributed by atoms with Crippen LogP contribution in [0.3, 0.4) is 0 Å². The Labute approximate surface area is 124 Å². The van der Waals surface area contributed by atoms with Crippen LogP contribution in [0.1, 0.15) is 5.56 Å². The van der Waals surface area contributed by atoms with Gasteiger partial charge in [0.2, 0.25) is 15.9 Å². The summed E-state index contributed by atoms with van der Waals surface area (Å²) in [7, 11) is -3.58. The maximum absolute atomic E-state index is 11.8. The minimum absolute atomic E-state index is 0.283. The molecule has 0 atom stereocenters. The van der Waals surface area contributed by atoms with Gasteiger partial charge in [0.15, 0.2) is 0 Å². The third-order valence-electron chi connectivity index (χ3n) is 2.57. The summed E-state index contributed by atoms with van der Waals surface area (Å²) in [6, 6.07) is 4.85. The Morgan fingerprint density at radius 1 is 1.50 bits per heavy atom. The molecule has 0 aliphatic heterocycles. The van der Waals surface area contributed by atoms with Gasteiger partial charge in [0.25, 0.3) is 0 Å². The van der Waals surface area contributed by atoms with Crippen molar-refractivity contribution in [3.05, 3.63) is 41.4 Å². The first-order chi connectivity index (χ1) is 9.25. The van der Waals surface area contributed by atoms with Gasteiger partial charge in [-0.2, -0.15) is 0 Å². The molecule has 0 unspecified atom stereocenters. The van der Waals surface area contributed by atoms with Gasteiger partial charge >= 0.3 is 0 Å². The van der Waals surface area contributed by atoms with Crippen molar-refractivity contribution in [2.75, 3.05) is 23.7 Å². The number of hydrogen-bond acceptors (Lipinski definition) is 3. The molecule has 0 aromatic heterocycles. The summed E-state index contributed by atoms with van der Waals surface area (Å²) in [6.45, 7) is 5.27. The fraction of sp³-hybridized carbons (Fsp3) is 0.308. The number of carbonyl (C=O) groups is 1. The van der Waals surface area contributed by atoms with E-state index in [4.69, 9.17) is 11.6 Å². The van der Waals surface area contributed by atoms with Gasteiger partial charge in [0.05, 0.1) is 11.9 Å². The molecule has 7 heteroatoms. The lowest BCUT2D eigenvalue weighted by Gasteiger charge is -2.22. The number of nitrogens with zero attached hydrogens (tertiary/aromatic N) is 1. The Hall–Kier alpha value is -1.53. The molecular formula is C13H17ClN2O3S. The lowest BCUT2D eigenvalue weighted by Crippen LogP contribution is -2.40. The van der Waals surface area contributed by atoms with E-state index in [1.807, 2.05) is 6.92 Å². The van der Waals surface area contributed by atoms with Gasteiger partial charge < -0.3 is 5.32 Å². The highest BCUT2D eigenvalue weighted by molar-refractivity contribution is 7.92. The summed E-state index contributed by atoms with van der Waals surface area (Å²) in [5.74, 6) is -0.410. The second-order valence-corrected chi connectivity index (χ2v) is 6.61. The zero-order valence-corrected chi connectivity index (χ0v) is 13.0. The lowest BCUT2D eigenvalue weighted by molar-refractivity contribution is -0.119. The molecule has 20 heavy (non-hydrogen) atoms. The molecule has 0 aliphatic rings. The summed E-state index contributed by atoms with van der Waals surface area (Å²) >= 11 is 5.99. The van der Waals surface area contributed by atoms with Gasteiger partial charge in [-0.05, 0) is 24.6 Å². The van der Waals surface area contributed by atoms with E-state index in [1.54, 1.807) is 12.1 Å². The first-order valence-corrected chi connectivity index (χ1v) is 8.10. The van der Waals surface area contributed by atoms with Crippen LogP contribution >= 0.6 is 11.6 Å². The topological polar surface area (TPSA) is 66.5 Å². The van der Waals surface area contributed by atoms with Crippen molar-refractivity contribution in [1.82, 2.24) is 5.32 Å². The highest BCUT2D eigenvalue weighted by Crippen LogP contribution is 2.24. The van der Waals surface area contributed by atoms with E-state index in [0.29, 0.717) is 10.7 Å². The molecule has 1 N–H and O–H groups in total. The molecule has 0 saturated heterocycles. The van der Waals surface area contributed by atoms with E-state index in [2.05, 4.69) is 11.9 Å². The zero-order valence-electron chi connectivity index (χ0n) is 11.4. The molecule has 5 nitrogen and oxygen atoms in total. The molecular weight excluding hydrogens is 300 g/mol. The fourth-order valence-corrected chi connectivity index (χ4v) is 2.53. The third-order valence-corrected chi connectivity index (χ3v) is 4.12. The van der Waals surface area contributed by atoms with Crippen molar-refractivity contribution < 1.29 is 13.2 Å². The van der Waals surface area contributed by atoms with Crippen LogP contribution in [0, 0.1) is 6.92 Å². The molecule has 0 heterocycles. The van der Waals surface area contributed by atoms with Crippen molar-refractivity contribution in [3.8, 4) is 0 Å². The zero-order chi connectivity index (χ0) is 15.3. The number of carbonyl (C=O) groups excluding carboxylic acids is 1. The lowest BCUT2D eigenvalue weighted by atomic mass is 10.2. The largest absolute Gasteiger partial charge is 0.351 e. The van der Waals surface area contributed by atoms with Gasteiger partial charge in [-0.1, -0.05) is 23.7 Å². The summed E-state index contributed by atoms with van der Waals surface area (Å²) in [4.78, 5) is 11.7. The fourth-order valence-electron chi connectivity index (χ4n) is 1.51. The minimum atomic E-state index is -3.58. The van der Waals surface area contributed by atoms with Gasteiger partial charge in [-0.15, -0.1) is 6.58 Å². The smallest absolute Gasteiger partial charge is 0.241 e. The molecule has 0 radical (unpaired) electrons. The van der Waals surface area contributed by atoms with Crippen LogP contribution in [0.25, 0.3) is 0 Å². The van der Waals surface area contributed by atoms with E-state index < -0.39 is 15.9 Å². The van der Waals surface area contributed by atoms with Crippen molar-refractivity contribution >= 4 is 33.2 Å². The van der Waals surface area contributed by atoms with Gasteiger partial charge in [-0.25, -0.2) is 8.42 Å². The number of aryl methyl sites for hydroxylation is 1. The quantitative estimate of drug-likeness (QED) is 0.813. The summed E-state index contributed by atoms with van der Waals surface area (Å²) in [5, 5.41) is 2.98. The third kappa shape index (κ3) is 4.54. The number of anilines is 1. The molecule has 0 spiro atoms. The molecule has 1 rings (SSSR count). The summed E-state index contributed by atoms with van der Waals surface area (Å²) < 4.78 is 24.7. The molecule has 0 bridgehead atoms. The van der Waals surface area contributed by atoms with Gasteiger partial charge in [0, 0.05) is 11.6 Å². The number of nitrogens with one attached hydrogen (secondary N) is 1. The monoisotopic (exact) mass is 316 g/mol. The standard InChI is InChI=1S/C13H17ClN2O3S/c1-4-7-15-13(17)9-16(20(3,18)19)11-6-5-10(2)12(14)8-11/h4-6,8H,1,7,9H2,2-3H3,(H,15,17). The van der Waals surface area contributed by atoms with E-state index >= 15 is 0 Å². The van der Waals surface area contributed by atoms with Crippen molar-refractivity contribution in [2.24, 2.45) is 0 Å². The highest BCUT2D eigenvalue weighted by atomic mass is 35.5. The number of benzene rings is 1. The second-order valence-electron chi connectivity index (χ2n) is 4.30. The SMILES string of the molecule is C=CCNC(=O)CN(c1ccc(C)c(Cl)c1)S(C)(=O)=O. The van der Waals surface area contributed by atoms with E-state index in [9.17, 15) is 13.2 Å². The van der Waals surface area contributed by atoms with E-state index in [-0.39, 0.29) is 13.1 Å². The van der Waals surface area contributed by atoms with E-state index in [1.165, 1.54) is 12.1 Å². The van der Waals surface area contributed by atoms with Crippen LogP contribution in [0.4, 0.5) is 5.69 Å². The Morgan fingerprint density at radius 2 is 2.15 bits per heavy atom. The average Bonchev–Trinajstić information content (AvgIpc) is 2.35. The summed E-state index contributed by atoms with van der Waals surface area (Å²) in [6.07, 6.45) is 2.56. The van der Waals surface area contributed by atoms with Gasteiger partial charge in [0.1, 0.15) is 6.54 Å². The second kappa shape index (κ2) is 6.76. The predicted octanol–water partition coefficient (Wildman–Crippen LogP) is 1.72. The van der Waals surface area contributed by atoms with Crippen LogP contribution in [0.5, 0.6) is 0 Å². The van der Waals surface area contributed by atoms with Crippen molar-refractivity contribution in [2.45, 2.75) is 6.92 Å². The van der Waals surface area contributed by atoms with Crippen LogP contribution in [0.2, 0.25) is 5.02 Å². The Bertz CT molecular complexity index is 614. The van der Waals surface area contributed by atoms with Crippen LogP contribution in [-0.2, 0) is 14.8 Å². The number of amides is 1. The highest BCUT2D eigenvalue weighted by Gasteiger charge is 2.21. The molecule has 0 aliphatic carbocycles. The Balaban J connectivity index is 3.04. The van der Waals surface area contributed by atoms with Crippen molar-refractivity contribution in [1.29, 1.82) is 0 Å². The number of rotatable bonds is 6. The van der Waals surface area contributed by atoms with E-state index in [0.717, 1.165) is 16.1 Å². The Morgan fingerprint density at radius 3 is 2.65 bits per heavy atom. The maximum Gasteiger partial charge on any atom is 0.241 e. The molecule has 110 valence electrons. The number of hydrogen-bond donors (Lipinski definition) is 1.